The summed E-state index contributed by atoms with van der Waals surface area (Å²) in [7, 11) is 0. The Bertz CT molecular complexity index is 779. The van der Waals surface area contributed by atoms with Crippen LogP contribution in [0.15, 0.2) is 47.6 Å². The predicted molar refractivity (Wildman–Crippen MR) is 96.4 cm³/mol. The summed E-state index contributed by atoms with van der Waals surface area (Å²) >= 11 is 7.16. The minimum atomic E-state index is -0.530. The number of nitrogens with zero attached hydrogens (tertiary/aromatic N) is 2. The summed E-state index contributed by atoms with van der Waals surface area (Å²) in [4.78, 5) is 21.8. The number of non-ortho nitro benzene ring substituents is 1. The second-order valence-electron chi connectivity index (χ2n) is 4.84. The van der Waals surface area contributed by atoms with E-state index >= 15 is 0 Å². The first kappa shape index (κ1) is 18.9. The number of halogens is 2. The Kier molecular flexibility index (Phi) is 6.91. The maximum atomic E-state index is 13.5. The standard InChI is InChI=1S/C16H13ClFN3O3S/c17-14-2-1-3-15(18)13(14)8-19-20-16(22)10-25-9-11-4-6-12(7-5-11)21(23)24/h1-8H,9-10H2,(H,20,22)/b19-8-. The normalized spacial score (nSPS) is 10.8. The number of hydrogen-bond acceptors (Lipinski definition) is 5. The second-order valence-corrected chi connectivity index (χ2v) is 6.24. The highest BCUT2D eigenvalue weighted by Gasteiger charge is 2.06. The highest BCUT2D eigenvalue weighted by Crippen LogP contribution is 2.17. The van der Waals surface area contributed by atoms with Crippen molar-refractivity contribution >= 4 is 41.2 Å². The van der Waals surface area contributed by atoms with E-state index in [2.05, 4.69) is 10.5 Å². The molecule has 0 aliphatic carbocycles. The van der Waals surface area contributed by atoms with Gasteiger partial charge in [0, 0.05) is 23.4 Å². The largest absolute Gasteiger partial charge is 0.272 e. The van der Waals surface area contributed by atoms with Gasteiger partial charge >= 0.3 is 0 Å². The molecule has 0 saturated carbocycles. The van der Waals surface area contributed by atoms with Gasteiger partial charge in [0.05, 0.1) is 21.9 Å². The van der Waals surface area contributed by atoms with Crippen LogP contribution in [0.1, 0.15) is 11.1 Å². The van der Waals surface area contributed by atoms with Gasteiger partial charge in [-0.2, -0.15) is 5.10 Å². The van der Waals surface area contributed by atoms with Crippen molar-refractivity contribution in [2.45, 2.75) is 5.75 Å². The number of nitro benzene ring substituents is 1. The van der Waals surface area contributed by atoms with E-state index in [4.69, 9.17) is 11.6 Å². The Hall–Kier alpha value is -2.45. The number of carbonyl (C=O) groups excluding carboxylic acids is 1. The number of carbonyl (C=O) groups is 1. The molecule has 0 fully saturated rings. The van der Waals surface area contributed by atoms with Crippen LogP contribution in [-0.4, -0.2) is 22.8 Å². The number of thioether (sulfide) groups is 1. The van der Waals surface area contributed by atoms with Gasteiger partial charge in [0.25, 0.3) is 5.69 Å². The minimum Gasteiger partial charge on any atom is -0.272 e. The maximum Gasteiger partial charge on any atom is 0.269 e. The molecule has 9 heteroatoms. The third-order valence-electron chi connectivity index (χ3n) is 3.03. The topological polar surface area (TPSA) is 84.6 Å². The number of rotatable bonds is 7. The molecule has 0 bridgehead atoms. The summed E-state index contributed by atoms with van der Waals surface area (Å²) in [6.07, 6.45) is 1.15. The Morgan fingerprint density at radius 3 is 2.68 bits per heavy atom. The zero-order chi connectivity index (χ0) is 18.2. The predicted octanol–water partition coefficient (Wildman–Crippen LogP) is 3.77. The summed E-state index contributed by atoms with van der Waals surface area (Å²) in [6, 6.07) is 10.4. The maximum absolute atomic E-state index is 13.5. The quantitative estimate of drug-likeness (QED) is 0.449. The van der Waals surface area contributed by atoms with Crippen molar-refractivity contribution in [3.05, 3.63) is 74.5 Å². The monoisotopic (exact) mass is 381 g/mol. The first-order valence-corrected chi connectivity index (χ1v) is 8.57. The van der Waals surface area contributed by atoms with Crippen molar-refractivity contribution in [2.75, 3.05) is 5.75 Å². The first-order valence-electron chi connectivity index (χ1n) is 7.04. The zero-order valence-electron chi connectivity index (χ0n) is 12.8. The van der Waals surface area contributed by atoms with E-state index in [1.807, 2.05) is 0 Å². The molecule has 0 unspecified atom stereocenters. The zero-order valence-corrected chi connectivity index (χ0v) is 14.4. The van der Waals surface area contributed by atoms with Gasteiger partial charge in [-0.3, -0.25) is 14.9 Å². The SMILES string of the molecule is O=C(CSCc1ccc([N+](=O)[O-])cc1)N/N=C\c1c(F)cccc1Cl. The number of hydrazone groups is 1. The molecule has 2 aromatic rings. The lowest BCUT2D eigenvalue weighted by Gasteiger charge is -2.02. The summed E-state index contributed by atoms with van der Waals surface area (Å²) in [5.41, 5.74) is 3.28. The van der Waals surface area contributed by atoms with E-state index in [1.165, 1.54) is 42.1 Å². The van der Waals surface area contributed by atoms with E-state index in [0.717, 1.165) is 11.8 Å². The molecule has 0 atom stereocenters. The molecule has 0 heterocycles. The average molecular weight is 382 g/mol. The van der Waals surface area contributed by atoms with Gasteiger partial charge in [-0.25, -0.2) is 9.82 Å². The molecule has 1 amide bonds. The van der Waals surface area contributed by atoms with Crippen molar-refractivity contribution in [3.63, 3.8) is 0 Å². The molecule has 0 saturated heterocycles. The molecule has 0 spiro atoms. The molecular formula is C16H13ClFN3O3S. The lowest BCUT2D eigenvalue weighted by atomic mass is 10.2. The highest BCUT2D eigenvalue weighted by atomic mass is 35.5. The molecule has 130 valence electrons. The van der Waals surface area contributed by atoms with E-state index in [-0.39, 0.29) is 27.9 Å². The molecule has 2 rings (SSSR count). The number of nitro groups is 1. The molecule has 0 aliphatic heterocycles. The molecule has 6 nitrogen and oxygen atoms in total. The molecule has 0 aliphatic rings. The third kappa shape index (κ3) is 5.84. The van der Waals surface area contributed by atoms with Gasteiger partial charge in [-0.05, 0) is 17.7 Å². The Morgan fingerprint density at radius 2 is 2.04 bits per heavy atom. The molecule has 2 aromatic carbocycles. The van der Waals surface area contributed by atoms with Crippen LogP contribution in [0.3, 0.4) is 0 Å². The van der Waals surface area contributed by atoms with Gasteiger partial charge in [0.15, 0.2) is 0 Å². The molecule has 0 aromatic heterocycles. The van der Waals surface area contributed by atoms with Crippen LogP contribution >= 0.6 is 23.4 Å². The third-order valence-corrected chi connectivity index (χ3v) is 4.37. The van der Waals surface area contributed by atoms with E-state index in [9.17, 15) is 19.3 Å². The molecular weight excluding hydrogens is 369 g/mol. The molecule has 1 N–H and O–H groups in total. The Balaban J connectivity index is 1.77. The van der Waals surface area contributed by atoms with Crippen LogP contribution in [0.25, 0.3) is 0 Å². The van der Waals surface area contributed by atoms with Crippen LogP contribution in [0, 0.1) is 15.9 Å². The summed E-state index contributed by atoms with van der Waals surface area (Å²) in [5, 5.41) is 14.4. The first-order chi connectivity index (χ1) is 12.0. The summed E-state index contributed by atoms with van der Waals surface area (Å²) in [5.74, 6) is -0.221. The van der Waals surface area contributed by atoms with Gasteiger partial charge in [-0.15, -0.1) is 11.8 Å². The van der Waals surface area contributed by atoms with E-state index in [0.29, 0.717) is 5.75 Å². The molecule has 25 heavy (non-hydrogen) atoms. The second kappa shape index (κ2) is 9.14. The van der Waals surface area contributed by atoms with Crippen molar-refractivity contribution in [2.24, 2.45) is 5.10 Å². The number of amides is 1. The van der Waals surface area contributed by atoms with Gasteiger partial charge < -0.3 is 0 Å². The van der Waals surface area contributed by atoms with Gasteiger partial charge in [0.2, 0.25) is 5.91 Å². The fraction of sp³-hybridized carbons (Fsp3) is 0.125. The van der Waals surface area contributed by atoms with Crippen LogP contribution in [0.4, 0.5) is 10.1 Å². The van der Waals surface area contributed by atoms with Crippen LogP contribution in [0.5, 0.6) is 0 Å². The highest BCUT2D eigenvalue weighted by molar-refractivity contribution is 7.99. The number of hydrogen-bond donors (Lipinski definition) is 1. The van der Waals surface area contributed by atoms with E-state index in [1.54, 1.807) is 12.1 Å². The van der Waals surface area contributed by atoms with Crippen molar-refractivity contribution < 1.29 is 14.1 Å². The van der Waals surface area contributed by atoms with Gasteiger partial charge in [-0.1, -0.05) is 29.8 Å². The lowest BCUT2D eigenvalue weighted by Crippen LogP contribution is -2.19. The summed E-state index contributed by atoms with van der Waals surface area (Å²) < 4.78 is 13.5. The number of nitrogens with one attached hydrogen (secondary N) is 1. The fourth-order valence-electron chi connectivity index (χ4n) is 1.81. The number of benzene rings is 2. The molecule has 0 radical (unpaired) electrons. The Labute approximate surface area is 152 Å². The summed E-state index contributed by atoms with van der Waals surface area (Å²) in [6.45, 7) is 0. The van der Waals surface area contributed by atoms with Gasteiger partial charge in [0.1, 0.15) is 5.82 Å². The van der Waals surface area contributed by atoms with Crippen LogP contribution < -0.4 is 5.43 Å². The average Bonchev–Trinajstić information content (AvgIpc) is 2.58. The van der Waals surface area contributed by atoms with Crippen LogP contribution in [-0.2, 0) is 10.5 Å². The van der Waals surface area contributed by atoms with Crippen LogP contribution in [0.2, 0.25) is 5.02 Å². The minimum absolute atomic E-state index is 0.0210. The van der Waals surface area contributed by atoms with E-state index < -0.39 is 10.7 Å². The smallest absolute Gasteiger partial charge is 0.269 e. The fourth-order valence-corrected chi connectivity index (χ4v) is 2.80. The van der Waals surface area contributed by atoms with Crippen molar-refractivity contribution in [1.82, 2.24) is 5.43 Å². The van der Waals surface area contributed by atoms with Crippen molar-refractivity contribution in [1.29, 1.82) is 0 Å². The Morgan fingerprint density at radius 1 is 1.32 bits per heavy atom. The van der Waals surface area contributed by atoms with Crippen molar-refractivity contribution in [3.8, 4) is 0 Å². The lowest BCUT2D eigenvalue weighted by molar-refractivity contribution is -0.384.